The van der Waals surface area contributed by atoms with Gasteiger partial charge in [-0.2, -0.15) is 0 Å². The minimum Gasteiger partial charge on any atom is -0.349 e. The highest BCUT2D eigenvalue weighted by molar-refractivity contribution is 7.13. The Morgan fingerprint density at radius 1 is 1.15 bits per heavy atom. The molecule has 2 N–H and O–H groups in total. The Morgan fingerprint density at radius 3 is 2.64 bits per heavy atom. The fourth-order valence-electron chi connectivity index (χ4n) is 6.03. The SMILES string of the molecule is Cc1csc(-c2cccc(C(=O)N[C@@H]3CC[C@H](C(=O)N[C@H](c4c(F)ccc(Cl)c4Cl)C4(C)CCCC4)C3)c2)n1. The van der Waals surface area contributed by atoms with E-state index < -0.39 is 11.9 Å². The van der Waals surface area contributed by atoms with Crippen molar-refractivity contribution in [1.82, 2.24) is 15.6 Å². The maximum atomic E-state index is 15.1. The van der Waals surface area contributed by atoms with Gasteiger partial charge < -0.3 is 10.6 Å². The Kier molecular flexibility index (Phi) is 8.32. The van der Waals surface area contributed by atoms with Crippen LogP contribution in [-0.4, -0.2) is 22.8 Å². The van der Waals surface area contributed by atoms with Gasteiger partial charge in [0.25, 0.3) is 5.91 Å². The van der Waals surface area contributed by atoms with E-state index >= 15 is 4.39 Å². The molecule has 0 bridgehead atoms. The summed E-state index contributed by atoms with van der Waals surface area (Å²) < 4.78 is 15.1. The van der Waals surface area contributed by atoms with E-state index in [9.17, 15) is 9.59 Å². The van der Waals surface area contributed by atoms with Crippen LogP contribution in [0, 0.1) is 24.1 Å². The number of aromatic nitrogens is 1. The second-order valence-electron chi connectivity index (χ2n) is 11.1. The molecule has 1 heterocycles. The topological polar surface area (TPSA) is 71.1 Å². The van der Waals surface area contributed by atoms with Crippen LogP contribution >= 0.6 is 34.5 Å². The number of benzene rings is 2. The summed E-state index contributed by atoms with van der Waals surface area (Å²) in [6, 6.07) is 9.49. The molecule has 0 saturated heterocycles. The maximum Gasteiger partial charge on any atom is 0.251 e. The summed E-state index contributed by atoms with van der Waals surface area (Å²) in [5.41, 5.74) is 2.36. The quantitative estimate of drug-likeness (QED) is 0.276. The molecule has 5 nitrogen and oxygen atoms in total. The molecule has 2 aliphatic rings. The number of rotatable bonds is 7. The van der Waals surface area contributed by atoms with Crippen LogP contribution in [0.5, 0.6) is 0 Å². The predicted molar refractivity (Wildman–Crippen MR) is 155 cm³/mol. The van der Waals surface area contributed by atoms with E-state index in [0.717, 1.165) is 41.9 Å². The van der Waals surface area contributed by atoms with Crippen molar-refractivity contribution >= 4 is 46.4 Å². The summed E-state index contributed by atoms with van der Waals surface area (Å²) in [5.74, 6) is -1.05. The highest BCUT2D eigenvalue weighted by atomic mass is 35.5. The molecule has 0 radical (unpaired) electrons. The minimum absolute atomic E-state index is 0.119. The Morgan fingerprint density at radius 2 is 1.92 bits per heavy atom. The largest absolute Gasteiger partial charge is 0.349 e. The fraction of sp³-hybridized carbons (Fsp3) is 0.433. The van der Waals surface area contributed by atoms with E-state index in [1.807, 2.05) is 30.5 Å². The molecule has 2 aromatic carbocycles. The zero-order valence-electron chi connectivity index (χ0n) is 22.0. The van der Waals surface area contributed by atoms with Crippen molar-refractivity contribution in [1.29, 1.82) is 0 Å². The standard InChI is InChI=1S/C30H32Cl2FN3O2S/c1-17-16-39-29(34-17)20-7-5-6-18(14-20)27(37)35-21-9-8-19(15-21)28(38)36-26(30(2)12-3-4-13-30)24-23(33)11-10-22(31)25(24)32/h5-7,10-11,14,16,19,21,26H,3-4,8-9,12-13,15H2,1-2H3,(H,35,37)(H,36,38)/t19-,21+,26+/m0/s1. The summed E-state index contributed by atoms with van der Waals surface area (Å²) in [4.78, 5) is 31.1. The zero-order chi connectivity index (χ0) is 27.7. The summed E-state index contributed by atoms with van der Waals surface area (Å²) in [7, 11) is 0. The molecule has 2 saturated carbocycles. The average Bonchev–Trinajstić information content (AvgIpc) is 3.68. The Balaban J connectivity index is 1.27. The number of hydrogen-bond donors (Lipinski definition) is 2. The van der Waals surface area contributed by atoms with E-state index in [2.05, 4.69) is 22.5 Å². The van der Waals surface area contributed by atoms with Crippen LogP contribution in [0.3, 0.4) is 0 Å². The number of nitrogens with one attached hydrogen (secondary N) is 2. The first-order valence-electron chi connectivity index (χ1n) is 13.4. The molecule has 2 amide bonds. The lowest BCUT2D eigenvalue weighted by Crippen LogP contribution is -2.42. The van der Waals surface area contributed by atoms with Crippen molar-refractivity contribution in [2.45, 2.75) is 70.9 Å². The van der Waals surface area contributed by atoms with Crippen LogP contribution in [0.25, 0.3) is 10.6 Å². The van der Waals surface area contributed by atoms with Crippen molar-refractivity contribution in [3.8, 4) is 10.6 Å². The van der Waals surface area contributed by atoms with Crippen molar-refractivity contribution < 1.29 is 14.0 Å². The molecule has 1 aromatic heterocycles. The summed E-state index contributed by atoms with van der Waals surface area (Å²) in [6.07, 6.45) is 5.63. The number of aryl methyl sites for hydroxylation is 1. The van der Waals surface area contributed by atoms with Gasteiger partial charge in [0, 0.05) is 39.7 Å². The van der Waals surface area contributed by atoms with Gasteiger partial charge in [-0.15, -0.1) is 11.3 Å². The summed E-state index contributed by atoms with van der Waals surface area (Å²) in [6.45, 7) is 4.03. The molecule has 0 unspecified atom stereocenters. The average molecular weight is 589 g/mol. The van der Waals surface area contributed by atoms with Gasteiger partial charge in [-0.25, -0.2) is 9.37 Å². The van der Waals surface area contributed by atoms with Crippen molar-refractivity contribution in [3.05, 3.63) is 74.5 Å². The molecule has 39 heavy (non-hydrogen) atoms. The number of amides is 2. The number of carbonyl (C=O) groups is 2. The van der Waals surface area contributed by atoms with E-state index in [0.29, 0.717) is 24.8 Å². The second kappa shape index (κ2) is 11.6. The van der Waals surface area contributed by atoms with Gasteiger partial charge in [-0.1, -0.05) is 55.1 Å². The number of carbonyl (C=O) groups excluding carboxylic acids is 2. The normalized spacial score (nSPS) is 21.1. The lowest BCUT2D eigenvalue weighted by Gasteiger charge is -2.36. The molecule has 0 spiro atoms. The van der Waals surface area contributed by atoms with Crippen molar-refractivity contribution in [2.24, 2.45) is 11.3 Å². The molecule has 2 fully saturated rings. The van der Waals surface area contributed by atoms with E-state index in [-0.39, 0.29) is 44.8 Å². The van der Waals surface area contributed by atoms with Crippen molar-refractivity contribution in [3.63, 3.8) is 0 Å². The van der Waals surface area contributed by atoms with Crippen molar-refractivity contribution in [2.75, 3.05) is 0 Å². The third-order valence-electron chi connectivity index (χ3n) is 8.23. The van der Waals surface area contributed by atoms with Crippen LogP contribution in [0.1, 0.15) is 79.5 Å². The van der Waals surface area contributed by atoms with Gasteiger partial charge >= 0.3 is 0 Å². The smallest absolute Gasteiger partial charge is 0.251 e. The molecular weight excluding hydrogens is 556 g/mol. The van der Waals surface area contributed by atoms with E-state index in [1.165, 1.54) is 12.1 Å². The number of thiazole rings is 1. The molecule has 5 rings (SSSR count). The van der Waals surface area contributed by atoms with Gasteiger partial charge in [0.05, 0.1) is 16.1 Å². The number of hydrogen-bond acceptors (Lipinski definition) is 4. The lowest BCUT2D eigenvalue weighted by molar-refractivity contribution is -0.126. The van der Waals surface area contributed by atoms with Crippen LogP contribution in [-0.2, 0) is 4.79 Å². The summed E-state index contributed by atoms with van der Waals surface area (Å²) in [5, 5.41) is 9.55. The van der Waals surface area contributed by atoms with Crippen LogP contribution in [0.2, 0.25) is 10.0 Å². The fourth-order valence-corrected chi connectivity index (χ4v) is 7.25. The van der Waals surface area contributed by atoms with Gasteiger partial charge in [0.15, 0.2) is 0 Å². The Labute approximate surface area is 242 Å². The maximum absolute atomic E-state index is 15.1. The third kappa shape index (κ3) is 6.01. The van der Waals surface area contributed by atoms with Crippen LogP contribution < -0.4 is 10.6 Å². The molecule has 3 atom stereocenters. The highest BCUT2D eigenvalue weighted by Crippen LogP contribution is 2.50. The monoisotopic (exact) mass is 587 g/mol. The number of nitrogens with zero attached hydrogens (tertiary/aromatic N) is 1. The minimum atomic E-state index is -0.579. The summed E-state index contributed by atoms with van der Waals surface area (Å²) >= 11 is 14.3. The molecule has 9 heteroatoms. The molecule has 0 aliphatic heterocycles. The Bertz CT molecular complexity index is 1390. The van der Waals surface area contributed by atoms with Gasteiger partial charge in [0.2, 0.25) is 5.91 Å². The van der Waals surface area contributed by atoms with E-state index in [1.54, 1.807) is 17.4 Å². The Hall–Kier alpha value is -2.48. The predicted octanol–water partition coefficient (Wildman–Crippen LogP) is 7.90. The molecule has 3 aromatic rings. The molecule has 2 aliphatic carbocycles. The van der Waals surface area contributed by atoms with Gasteiger partial charge in [-0.3, -0.25) is 9.59 Å². The third-order valence-corrected chi connectivity index (χ3v) is 10.1. The van der Waals surface area contributed by atoms with Crippen LogP contribution in [0.4, 0.5) is 4.39 Å². The van der Waals surface area contributed by atoms with Gasteiger partial charge in [-0.05, 0) is 68.7 Å². The van der Waals surface area contributed by atoms with Gasteiger partial charge in [0.1, 0.15) is 10.8 Å². The number of halogens is 3. The highest BCUT2D eigenvalue weighted by Gasteiger charge is 2.43. The molecular formula is C30H32Cl2FN3O2S. The first-order chi connectivity index (χ1) is 18.6. The second-order valence-corrected chi connectivity index (χ2v) is 12.8. The zero-order valence-corrected chi connectivity index (χ0v) is 24.4. The first-order valence-corrected chi connectivity index (χ1v) is 15.1. The molecule has 206 valence electrons. The van der Waals surface area contributed by atoms with E-state index in [4.69, 9.17) is 23.2 Å². The van der Waals surface area contributed by atoms with Crippen LogP contribution in [0.15, 0.2) is 41.8 Å². The first kappa shape index (κ1) is 28.1. The lowest BCUT2D eigenvalue weighted by atomic mass is 9.76.